The first-order valence-corrected chi connectivity index (χ1v) is 7.48. The second-order valence-corrected chi connectivity index (χ2v) is 5.56. The van der Waals surface area contributed by atoms with Crippen LogP contribution >= 0.6 is 0 Å². The predicted molar refractivity (Wildman–Crippen MR) is 80.2 cm³/mol. The first kappa shape index (κ1) is 14.2. The van der Waals surface area contributed by atoms with Gasteiger partial charge in [0, 0.05) is 0 Å². The summed E-state index contributed by atoms with van der Waals surface area (Å²) in [6.07, 6.45) is 0. The fourth-order valence-electron chi connectivity index (χ4n) is 1.71. The molecule has 0 aromatic heterocycles. The predicted octanol–water partition coefficient (Wildman–Crippen LogP) is 3.77. The van der Waals surface area contributed by atoms with E-state index in [4.69, 9.17) is 4.55 Å². The van der Waals surface area contributed by atoms with Gasteiger partial charge in [0.05, 0.1) is 4.90 Å². The monoisotopic (exact) mass is 286 g/mol. The molecule has 20 heavy (non-hydrogen) atoms. The van der Waals surface area contributed by atoms with Gasteiger partial charge in [-0.05, 0) is 22.9 Å². The highest BCUT2D eigenvalue weighted by molar-refractivity contribution is 7.85. The summed E-state index contributed by atoms with van der Waals surface area (Å²) in [5, 5.41) is 1.74. The molecule has 3 nitrogen and oxygen atoms in total. The number of fused-ring (bicyclic) bond motifs is 1. The van der Waals surface area contributed by atoms with E-state index in [2.05, 4.69) is 0 Å². The maximum absolute atomic E-state index is 10.8. The summed E-state index contributed by atoms with van der Waals surface area (Å²) in [4.78, 5) is -0.0730. The van der Waals surface area contributed by atoms with Crippen LogP contribution in [-0.2, 0) is 10.1 Å². The van der Waals surface area contributed by atoms with Crippen molar-refractivity contribution in [2.24, 2.45) is 0 Å². The van der Waals surface area contributed by atoms with E-state index in [-0.39, 0.29) is 4.90 Å². The average molecular weight is 286 g/mol. The Morgan fingerprint density at radius 2 is 1.15 bits per heavy atom. The molecule has 0 saturated carbocycles. The van der Waals surface area contributed by atoms with Gasteiger partial charge in [-0.25, -0.2) is 0 Å². The van der Waals surface area contributed by atoms with E-state index in [0.29, 0.717) is 0 Å². The van der Waals surface area contributed by atoms with E-state index in [0.717, 1.165) is 10.8 Å². The third-order valence-corrected chi connectivity index (χ3v) is 3.54. The van der Waals surface area contributed by atoms with Crippen LogP contribution < -0.4 is 0 Å². The highest BCUT2D eigenvalue weighted by atomic mass is 32.2. The van der Waals surface area contributed by atoms with Crippen LogP contribution in [0.2, 0.25) is 0 Å². The van der Waals surface area contributed by atoms with Crippen molar-refractivity contribution < 1.29 is 13.0 Å². The normalized spacial score (nSPS) is 10.7. The fraction of sp³-hybridized carbons (Fsp3) is 0. The molecule has 0 radical (unpaired) electrons. The van der Waals surface area contributed by atoms with Crippen molar-refractivity contribution in [2.45, 2.75) is 4.90 Å². The quantitative estimate of drug-likeness (QED) is 0.693. The Balaban J connectivity index is 0.000000205. The summed E-state index contributed by atoms with van der Waals surface area (Å²) in [5.41, 5.74) is 0. The maximum Gasteiger partial charge on any atom is 0.294 e. The number of benzene rings is 3. The smallest absolute Gasteiger partial charge is 0.282 e. The Labute approximate surface area is 118 Å². The molecule has 4 heteroatoms. The highest BCUT2D eigenvalue weighted by Crippen LogP contribution is 2.18. The minimum Gasteiger partial charge on any atom is -0.282 e. The molecule has 0 heterocycles. The molecule has 0 aliphatic heterocycles. The fourth-order valence-corrected chi connectivity index (χ4v) is 2.23. The van der Waals surface area contributed by atoms with Crippen LogP contribution in [0.3, 0.4) is 0 Å². The standard InChI is InChI=1S/C10H8O3S.C6H6/c11-14(12,13)10-6-5-8-3-1-2-4-9(8)7-10;1-2-4-6-5-3-1/h1-7H,(H,11,12,13);1-6H. The molecule has 0 unspecified atom stereocenters. The van der Waals surface area contributed by atoms with Crippen molar-refractivity contribution in [3.05, 3.63) is 78.9 Å². The van der Waals surface area contributed by atoms with Crippen LogP contribution in [0.5, 0.6) is 0 Å². The van der Waals surface area contributed by atoms with Gasteiger partial charge in [0.25, 0.3) is 10.1 Å². The molecule has 1 N–H and O–H groups in total. The molecule has 0 aliphatic carbocycles. The molecule has 0 aliphatic rings. The second-order valence-electron chi connectivity index (χ2n) is 4.14. The first-order chi connectivity index (χ1) is 9.57. The SMILES string of the molecule is O=S(=O)(O)c1ccc2ccccc2c1.c1ccccc1. The van der Waals surface area contributed by atoms with Gasteiger partial charge in [-0.2, -0.15) is 8.42 Å². The lowest BCUT2D eigenvalue weighted by atomic mass is 10.1. The summed E-state index contributed by atoms with van der Waals surface area (Å²) in [5.74, 6) is 0. The Morgan fingerprint density at radius 1 is 0.650 bits per heavy atom. The molecular weight excluding hydrogens is 272 g/mol. The van der Waals surface area contributed by atoms with Crippen LogP contribution in [0, 0.1) is 0 Å². The van der Waals surface area contributed by atoms with Crippen molar-refractivity contribution >= 4 is 20.9 Å². The second kappa shape index (κ2) is 6.32. The minimum absolute atomic E-state index is 0.0730. The first-order valence-electron chi connectivity index (χ1n) is 6.04. The third-order valence-electron chi connectivity index (χ3n) is 2.69. The summed E-state index contributed by atoms with van der Waals surface area (Å²) >= 11 is 0. The lowest BCUT2D eigenvalue weighted by Gasteiger charge is -1.99. The van der Waals surface area contributed by atoms with Crippen molar-refractivity contribution in [3.63, 3.8) is 0 Å². The van der Waals surface area contributed by atoms with Crippen molar-refractivity contribution in [2.75, 3.05) is 0 Å². The van der Waals surface area contributed by atoms with E-state index in [9.17, 15) is 8.42 Å². The molecule has 0 amide bonds. The number of rotatable bonds is 1. The Hall–Kier alpha value is -2.17. The van der Waals surface area contributed by atoms with Crippen LogP contribution in [0.15, 0.2) is 83.8 Å². The zero-order valence-electron chi connectivity index (χ0n) is 10.7. The van der Waals surface area contributed by atoms with Crippen LogP contribution in [-0.4, -0.2) is 13.0 Å². The molecule has 0 spiro atoms. The number of hydrogen-bond acceptors (Lipinski definition) is 2. The molecule has 102 valence electrons. The van der Waals surface area contributed by atoms with Gasteiger partial charge in [0.1, 0.15) is 0 Å². The summed E-state index contributed by atoms with van der Waals surface area (Å²) in [7, 11) is -4.09. The highest BCUT2D eigenvalue weighted by Gasteiger charge is 2.08. The molecule has 0 atom stereocenters. The van der Waals surface area contributed by atoms with Gasteiger partial charge >= 0.3 is 0 Å². The van der Waals surface area contributed by atoms with Crippen molar-refractivity contribution in [1.29, 1.82) is 0 Å². The van der Waals surface area contributed by atoms with Gasteiger partial charge in [0.15, 0.2) is 0 Å². The molecule has 0 saturated heterocycles. The lowest BCUT2D eigenvalue weighted by molar-refractivity contribution is 0.483. The zero-order chi connectivity index (χ0) is 14.4. The van der Waals surface area contributed by atoms with E-state index in [1.54, 1.807) is 12.1 Å². The molecular formula is C16H14O3S. The molecule has 3 aromatic rings. The maximum atomic E-state index is 10.8. The zero-order valence-corrected chi connectivity index (χ0v) is 11.5. The third kappa shape index (κ3) is 3.91. The van der Waals surface area contributed by atoms with Gasteiger partial charge in [0.2, 0.25) is 0 Å². The lowest BCUT2D eigenvalue weighted by Crippen LogP contribution is -1.97. The Bertz CT molecular complexity index is 754. The van der Waals surface area contributed by atoms with Crippen molar-refractivity contribution in [1.82, 2.24) is 0 Å². The van der Waals surface area contributed by atoms with E-state index in [1.807, 2.05) is 54.6 Å². The topological polar surface area (TPSA) is 54.4 Å². The van der Waals surface area contributed by atoms with Gasteiger partial charge in [-0.1, -0.05) is 66.7 Å². The van der Waals surface area contributed by atoms with E-state index < -0.39 is 10.1 Å². The molecule has 0 bridgehead atoms. The Morgan fingerprint density at radius 3 is 1.65 bits per heavy atom. The summed E-state index contributed by atoms with van der Waals surface area (Å²) in [6, 6.07) is 23.9. The summed E-state index contributed by atoms with van der Waals surface area (Å²) < 4.78 is 30.5. The van der Waals surface area contributed by atoms with Crippen LogP contribution in [0.25, 0.3) is 10.8 Å². The minimum atomic E-state index is -4.09. The summed E-state index contributed by atoms with van der Waals surface area (Å²) in [6.45, 7) is 0. The number of hydrogen-bond donors (Lipinski definition) is 1. The molecule has 0 fully saturated rings. The van der Waals surface area contributed by atoms with Gasteiger partial charge in [-0.3, -0.25) is 4.55 Å². The molecule has 3 aromatic carbocycles. The van der Waals surface area contributed by atoms with Crippen molar-refractivity contribution in [3.8, 4) is 0 Å². The van der Waals surface area contributed by atoms with E-state index in [1.165, 1.54) is 12.1 Å². The molecule has 3 rings (SSSR count). The Kier molecular flexibility index (Phi) is 4.50. The van der Waals surface area contributed by atoms with E-state index >= 15 is 0 Å². The average Bonchev–Trinajstić information content (AvgIpc) is 2.48. The van der Waals surface area contributed by atoms with Crippen LogP contribution in [0.1, 0.15) is 0 Å². The van der Waals surface area contributed by atoms with Gasteiger partial charge in [-0.15, -0.1) is 0 Å². The van der Waals surface area contributed by atoms with Crippen LogP contribution in [0.4, 0.5) is 0 Å². The van der Waals surface area contributed by atoms with Gasteiger partial charge < -0.3 is 0 Å². The largest absolute Gasteiger partial charge is 0.294 e.